The molecule has 0 aliphatic heterocycles. The highest BCUT2D eigenvalue weighted by Crippen LogP contribution is 2.07. The molecule has 2 aromatic rings. The smallest absolute Gasteiger partial charge is 0.332 e. The summed E-state index contributed by atoms with van der Waals surface area (Å²) in [5, 5.41) is 2.64. The van der Waals surface area contributed by atoms with Crippen LogP contribution in [0.3, 0.4) is 0 Å². The first-order valence-electron chi connectivity index (χ1n) is 7.80. The number of nitrogens with one attached hydrogen (secondary N) is 1. The van der Waals surface area contributed by atoms with Crippen LogP contribution in [-0.4, -0.2) is 31.1 Å². The molecule has 1 N–H and O–H groups in total. The molecule has 0 radical (unpaired) electrons. The van der Waals surface area contributed by atoms with Crippen molar-refractivity contribution in [2.75, 3.05) is 6.54 Å². The van der Waals surface area contributed by atoms with E-state index in [2.05, 4.69) is 16.9 Å². The van der Waals surface area contributed by atoms with E-state index in [1.54, 1.807) is 13.0 Å². The molecule has 0 aliphatic carbocycles. The quantitative estimate of drug-likeness (QED) is 0.760. The molecule has 26 heavy (non-hydrogen) atoms. The fourth-order valence-electron chi connectivity index (χ4n) is 2.38. The molecule has 0 atom stereocenters. The van der Waals surface area contributed by atoms with Gasteiger partial charge in [0.1, 0.15) is 12.4 Å². The van der Waals surface area contributed by atoms with Crippen molar-refractivity contribution in [1.29, 1.82) is 0 Å². The van der Waals surface area contributed by atoms with Gasteiger partial charge in [0.25, 0.3) is 5.56 Å². The molecule has 9 heteroatoms. The Bertz CT molecular complexity index is 1040. The second-order valence-corrected chi connectivity index (χ2v) is 5.69. The first kappa shape index (κ1) is 19.1. The third kappa shape index (κ3) is 3.71. The highest BCUT2D eigenvalue weighted by atomic mass is 19.1. The van der Waals surface area contributed by atoms with Gasteiger partial charge in [-0.25, -0.2) is 14.2 Å². The summed E-state index contributed by atoms with van der Waals surface area (Å²) in [6.45, 7) is 4.99. The fourth-order valence-corrected chi connectivity index (χ4v) is 2.38. The van der Waals surface area contributed by atoms with Crippen LogP contribution in [0.15, 0.2) is 52.1 Å². The molecule has 0 unspecified atom stereocenters. The standard InChI is InChI=1S/C17H20FN5O3/c1-5-12(18)11(2)7-6-8-19-13(24)9-23-10-20-15-14(23)16(25)22(4)17(26)21(15)3/h5-7,10H,1,8-9H2,2-4H3,(H,19,24)/b7-6-,12-11+. The summed E-state index contributed by atoms with van der Waals surface area (Å²) in [4.78, 5) is 40.3. The van der Waals surface area contributed by atoms with E-state index in [1.807, 2.05) is 0 Å². The molecular weight excluding hydrogens is 341 g/mol. The number of imidazole rings is 1. The van der Waals surface area contributed by atoms with E-state index >= 15 is 0 Å². The van der Waals surface area contributed by atoms with Gasteiger partial charge in [0.05, 0.1) is 6.33 Å². The van der Waals surface area contributed by atoms with Gasteiger partial charge in [-0.3, -0.25) is 18.7 Å². The molecule has 2 heterocycles. The largest absolute Gasteiger partial charge is 0.351 e. The minimum atomic E-state index is -0.519. The van der Waals surface area contributed by atoms with E-state index in [9.17, 15) is 18.8 Å². The Hall–Kier alpha value is -3.23. The normalized spacial score (nSPS) is 12.5. The third-order valence-electron chi connectivity index (χ3n) is 3.87. The van der Waals surface area contributed by atoms with E-state index in [1.165, 1.54) is 35.6 Å². The lowest BCUT2D eigenvalue weighted by Gasteiger charge is -2.06. The van der Waals surface area contributed by atoms with Crippen LogP contribution in [0.25, 0.3) is 11.2 Å². The molecule has 1 amide bonds. The molecule has 0 spiro atoms. The van der Waals surface area contributed by atoms with Crippen LogP contribution in [0, 0.1) is 0 Å². The van der Waals surface area contributed by atoms with Crippen LogP contribution in [0.2, 0.25) is 0 Å². The molecule has 2 rings (SSSR count). The number of hydrogen-bond donors (Lipinski definition) is 1. The minimum Gasteiger partial charge on any atom is -0.351 e. The number of fused-ring (bicyclic) bond motifs is 1. The van der Waals surface area contributed by atoms with Gasteiger partial charge < -0.3 is 9.88 Å². The van der Waals surface area contributed by atoms with Crippen LogP contribution in [0.1, 0.15) is 6.92 Å². The summed E-state index contributed by atoms with van der Waals surface area (Å²) < 4.78 is 16.8. The van der Waals surface area contributed by atoms with Gasteiger partial charge in [0.15, 0.2) is 11.2 Å². The second-order valence-electron chi connectivity index (χ2n) is 5.69. The van der Waals surface area contributed by atoms with E-state index in [0.717, 1.165) is 10.6 Å². The number of carbonyl (C=O) groups is 1. The van der Waals surface area contributed by atoms with Crippen molar-refractivity contribution in [3.8, 4) is 0 Å². The molecule has 0 bridgehead atoms. The number of rotatable bonds is 6. The van der Waals surface area contributed by atoms with Crippen molar-refractivity contribution in [3.63, 3.8) is 0 Å². The Morgan fingerprint density at radius 3 is 2.69 bits per heavy atom. The van der Waals surface area contributed by atoms with Crippen molar-refractivity contribution in [2.45, 2.75) is 13.5 Å². The average Bonchev–Trinajstić information content (AvgIpc) is 3.04. The maximum absolute atomic E-state index is 13.2. The Morgan fingerprint density at radius 1 is 1.35 bits per heavy atom. The number of aryl methyl sites for hydroxylation is 1. The van der Waals surface area contributed by atoms with E-state index in [0.29, 0.717) is 5.57 Å². The highest BCUT2D eigenvalue weighted by Gasteiger charge is 2.15. The second kappa shape index (κ2) is 7.77. The minimum absolute atomic E-state index is 0.131. The third-order valence-corrected chi connectivity index (χ3v) is 3.87. The topological polar surface area (TPSA) is 90.9 Å². The lowest BCUT2D eigenvalue weighted by atomic mass is 10.2. The molecule has 8 nitrogen and oxygen atoms in total. The Balaban J connectivity index is 2.14. The van der Waals surface area contributed by atoms with E-state index in [4.69, 9.17) is 0 Å². The Morgan fingerprint density at radius 2 is 2.04 bits per heavy atom. The molecule has 0 fully saturated rings. The molecule has 0 saturated heterocycles. The van der Waals surface area contributed by atoms with Crippen molar-refractivity contribution in [2.24, 2.45) is 14.1 Å². The van der Waals surface area contributed by atoms with Gasteiger partial charge in [-0.2, -0.15) is 0 Å². The molecule has 0 aliphatic rings. The summed E-state index contributed by atoms with van der Waals surface area (Å²) in [6.07, 6.45) is 5.59. The van der Waals surface area contributed by atoms with Crippen LogP contribution >= 0.6 is 0 Å². The zero-order valence-electron chi connectivity index (χ0n) is 14.8. The number of aromatic nitrogens is 4. The lowest BCUT2D eigenvalue weighted by Crippen LogP contribution is -2.38. The first-order chi connectivity index (χ1) is 12.3. The molecule has 138 valence electrons. The fraction of sp³-hybridized carbons (Fsp3) is 0.294. The number of amides is 1. The number of halogens is 1. The Labute approximate surface area is 148 Å². The van der Waals surface area contributed by atoms with Gasteiger partial charge in [0, 0.05) is 20.6 Å². The number of nitrogens with zero attached hydrogens (tertiary/aromatic N) is 4. The SMILES string of the molecule is C=C/C(F)=C(C)\C=C/CNC(=O)Cn1cnc2c1c(=O)n(C)c(=O)n2C. The van der Waals surface area contributed by atoms with Gasteiger partial charge in [-0.05, 0) is 18.6 Å². The first-order valence-corrected chi connectivity index (χ1v) is 7.80. The van der Waals surface area contributed by atoms with Crippen LogP contribution < -0.4 is 16.6 Å². The van der Waals surface area contributed by atoms with Crippen LogP contribution in [0.5, 0.6) is 0 Å². The Kier molecular flexibility index (Phi) is 5.71. The zero-order chi connectivity index (χ0) is 19.4. The van der Waals surface area contributed by atoms with Gasteiger partial charge in [0.2, 0.25) is 5.91 Å². The van der Waals surface area contributed by atoms with Gasteiger partial charge >= 0.3 is 5.69 Å². The van der Waals surface area contributed by atoms with E-state index in [-0.39, 0.29) is 30.2 Å². The van der Waals surface area contributed by atoms with E-state index < -0.39 is 17.1 Å². The summed E-state index contributed by atoms with van der Waals surface area (Å²) >= 11 is 0. The van der Waals surface area contributed by atoms with Crippen molar-refractivity contribution in [1.82, 2.24) is 24.0 Å². The molecule has 0 aromatic carbocycles. The monoisotopic (exact) mass is 361 g/mol. The van der Waals surface area contributed by atoms with Gasteiger partial charge in [-0.15, -0.1) is 0 Å². The van der Waals surface area contributed by atoms with Crippen molar-refractivity contribution >= 4 is 17.1 Å². The lowest BCUT2D eigenvalue weighted by molar-refractivity contribution is -0.121. The summed E-state index contributed by atoms with van der Waals surface area (Å²) in [5.74, 6) is -0.783. The van der Waals surface area contributed by atoms with Crippen molar-refractivity contribution in [3.05, 3.63) is 63.4 Å². The van der Waals surface area contributed by atoms with Gasteiger partial charge in [-0.1, -0.05) is 18.7 Å². The van der Waals surface area contributed by atoms with Crippen LogP contribution in [-0.2, 0) is 25.4 Å². The zero-order valence-corrected chi connectivity index (χ0v) is 14.8. The number of allylic oxidation sites excluding steroid dienone is 4. The predicted molar refractivity (Wildman–Crippen MR) is 96.4 cm³/mol. The number of hydrogen-bond acceptors (Lipinski definition) is 4. The molecular formula is C17H20FN5O3. The number of carbonyl (C=O) groups excluding carboxylic acids is 1. The maximum Gasteiger partial charge on any atom is 0.332 e. The maximum atomic E-state index is 13.2. The summed E-state index contributed by atoms with van der Waals surface area (Å²) in [5.41, 5.74) is -0.218. The molecule has 0 saturated carbocycles. The van der Waals surface area contributed by atoms with Crippen molar-refractivity contribution < 1.29 is 9.18 Å². The summed E-state index contributed by atoms with van der Waals surface area (Å²) in [6, 6.07) is 0. The highest BCUT2D eigenvalue weighted by molar-refractivity contribution is 5.78. The average molecular weight is 361 g/mol. The summed E-state index contributed by atoms with van der Waals surface area (Å²) in [7, 11) is 2.87. The van der Waals surface area contributed by atoms with Crippen LogP contribution in [0.4, 0.5) is 4.39 Å². The predicted octanol–water partition coefficient (Wildman–Crippen LogP) is 0.536. The molecule has 2 aromatic heterocycles.